The van der Waals surface area contributed by atoms with Crippen LogP contribution in [0.2, 0.25) is 0 Å². The van der Waals surface area contributed by atoms with Crippen molar-refractivity contribution in [2.75, 3.05) is 7.11 Å². The lowest BCUT2D eigenvalue weighted by Crippen LogP contribution is -2.21. The summed E-state index contributed by atoms with van der Waals surface area (Å²) in [7, 11) is 1.42. The largest absolute Gasteiger partial charge is 0.466 e. The molecule has 0 aliphatic heterocycles. The van der Waals surface area contributed by atoms with Crippen LogP contribution >= 0.6 is 0 Å². The van der Waals surface area contributed by atoms with Crippen molar-refractivity contribution in [3.63, 3.8) is 0 Å². The van der Waals surface area contributed by atoms with Crippen molar-refractivity contribution in [3.05, 3.63) is 12.2 Å². The molecule has 0 amide bonds. The van der Waals surface area contributed by atoms with Gasteiger partial charge in [-0.3, -0.25) is 0 Å². The zero-order valence-electron chi connectivity index (χ0n) is 9.21. The molecule has 1 saturated carbocycles. The minimum atomic E-state index is -0.247. The number of ether oxygens (including phenoxy) is 1. The summed E-state index contributed by atoms with van der Waals surface area (Å²) in [5.41, 5.74) is 0.638. The summed E-state index contributed by atoms with van der Waals surface area (Å²) in [5, 5.41) is 0. The van der Waals surface area contributed by atoms with E-state index in [0.29, 0.717) is 11.5 Å². The molecule has 14 heavy (non-hydrogen) atoms. The van der Waals surface area contributed by atoms with Gasteiger partial charge in [-0.15, -0.1) is 0 Å². The summed E-state index contributed by atoms with van der Waals surface area (Å²) in [5.74, 6) is 0.668. The van der Waals surface area contributed by atoms with Crippen LogP contribution in [0.5, 0.6) is 0 Å². The lowest BCUT2D eigenvalue weighted by atomic mass is 9.78. The Morgan fingerprint density at radius 2 is 1.93 bits per heavy atom. The molecule has 1 unspecified atom stereocenters. The third-order valence-corrected chi connectivity index (χ3v) is 3.35. The first-order valence-corrected chi connectivity index (χ1v) is 5.44. The maximum atomic E-state index is 11.3. The van der Waals surface area contributed by atoms with Crippen molar-refractivity contribution in [1.29, 1.82) is 0 Å². The summed E-state index contributed by atoms with van der Waals surface area (Å²) in [6.45, 7) is 5.92. The van der Waals surface area contributed by atoms with E-state index in [1.54, 1.807) is 0 Å². The number of carbonyl (C=O) groups is 1. The molecule has 2 nitrogen and oxygen atoms in total. The Bertz CT molecular complexity index is 214. The van der Waals surface area contributed by atoms with Gasteiger partial charge in [-0.2, -0.15) is 0 Å². The van der Waals surface area contributed by atoms with Crippen LogP contribution < -0.4 is 0 Å². The molecular weight excluding hydrogens is 176 g/mol. The second kappa shape index (κ2) is 5.18. The van der Waals surface area contributed by atoms with Crippen LogP contribution in [0.25, 0.3) is 0 Å². The monoisotopic (exact) mass is 196 g/mol. The quantitative estimate of drug-likeness (QED) is 0.512. The van der Waals surface area contributed by atoms with E-state index in [2.05, 4.69) is 18.2 Å². The average Bonchev–Trinajstić information content (AvgIpc) is 2.27. The molecule has 0 saturated heterocycles. The number of rotatable bonds is 3. The van der Waals surface area contributed by atoms with Crippen LogP contribution in [0, 0.1) is 11.8 Å². The van der Waals surface area contributed by atoms with Gasteiger partial charge >= 0.3 is 5.97 Å². The van der Waals surface area contributed by atoms with Crippen LogP contribution in [0.4, 0.5) is 0 Å². The zero-order valence-corrected chi connectivity index (χ0v) is 9.21. The van der Waals surface area contributed by atoms with E-state index in [-0.39, 0.29) is 11.9 Å². The zero-order chi connectivity index (χ0) is 10.6. The molecule has 0 aromatic rings. The van der Waals surface area contributed by atoms with Crippen LogP contribution in [-0.4, -0.2) is 13.1 Å². The number of hydrogen-bond acceptors (Lipinski definition) is 2. The first-order chi connectivity index (χ1) is 6.66. The Hall–Kier alpha value is -0.790. The molecule has 1 aliphatic carbocycles. The average molecular weight is 196 g/mol. The van der Waals surface area contributed by atoms with Crippen molar-refractivity contribution >= 4 is 5.97 Å². The number of hydrogen-bond donors (Lipinski definition) is 0. The van der Waals surface area contributed by atoms with Gasteiger partial charge in [-0.25, -0.2) is 4.79 Å². The Labute approximate surface area is 86.3 Å². The van der Waals surface area contributed by atoms with E-state index in [0.717, 1.165) is 0 Å². The lowest BCUT2D eigenvalue weighted by Gasteiger charge is -2.27. The molecule has 0 aromatic heterocycles. The Morgan fingerprint density at radius 3 is 2.43 bits per heavy atom. The van der Waals surface area contributed by atoms with Gasteiger partial charge in [0.1, 0.15) is 0 Å². The normalized spacial score (nSPS) is 20.1. The fraction of sp³-hybridized carbons (Fsp3) is 0.750. The Morgan fingerprint density at radius 1 is 1.36 bits per heavy atom. The molecule has 80 valence electrons. The molecule has 0 spiro atoms. The maximum absolute atomic E-state index is 11.3. The van der Waals surface area contributed by atoms with Gasteiger partial charge in [0.05, 0.1) is 7.11 Å². The van der Waals surface area contributed by atoms with Gasteiger partial charge < -0.3 is 4.74 Å². The predicted octanol–water partition coefficient (Wildman–Crippen LogP) is 2.93. The lowest BCUT2D eigenvalue weighted by molar-refractivity contribution is -0.136. The van der Waals surface area contributed by atoms with Crippen molar-refractivity contribution in [2.24, 2.45) is 11.8 Å². The third kappa shape index (κ3) is 2.60. The fourth-order valence-electron chi connectivity index (χ4n) is 2.24. The van der Waals surface area contributed by atoms with Crippen molar-refractivity contribution in [1.82, 2.24) is 0 Å². The van der Waals surface area contributed by atoms with Crippen molar-refractivity contribution in [3.8, 4) is 0 Å². The Balaban J connectivity index is 2.50. The standard InChI is InChI=1S/C12H20O2/c1-9(10(2)12(13)14-3)11-7-5-4-6-8-11/h9,11H,2,4-8H2,1,3H3. The smallest absolute Gasteiger partial charge is 0.333 e. The van der Waals surface area contributed by atoms with Crippen LogP contribution in [0.1, 0.15) is 39.0 Å². The molecular formula is C12H20O2. The predicted molar refractivity (Wildman–Crippen MR) is 56.9 cm³/mol. The van der Waals surface area contributed by atoms with Gasteiger partial charge in [-0.1, -0.05) is 32.8 Å². The summed E-state index contributed by atoms with van der Waals surface area (Å²) >= 11 is 0. The highest BCUT2D eigenvalue weighted by Crippen LogP contribution is 2.33. The number of methoxy groups -OCH3 is 1. The highest BCUT2D eigenvalue weighted by atomic mass is 16.5. The molecule has 1 rings (SSSR count). The van der Waals surface area contributed by atoms with E-state index < -0.39 is 0 Å². The minimum absolute atomic E-state index is 0.247. The molecule has 0 aromatic carbocycles. The Kier molecular flexibility index (Phi) is 4.18. The number of esters is 1. The molecule has 1 atom stereocenters. The fourth-order valence-corrected chi connectivity index (χ4v) is 2.24. The molecule has 2 heteroatoms. The molecule has 0 radical (unpaired) electrons. The topological polar surface area (TPSA) is 26.3 Å². The van der Waals surface area contributed by atoms with Crippen LogP contribution in [0.3, 0.4) is 0 Å². The summed E-state index contributed by atoms with van der Waals surface area (Å²) in [4.78, 5) is 11.3. The highest BCUT2D eigenvalue weighted by Gasteiger charge is 2.25. The first-order valence-electron chi connectivity index (χ1n) is 5.44. The molecule has 1 aliphatic rings. The molecule has 1 fully saturated rings. The minimum Gasteiger partial charge on any atom is -0.466 e. The van der Waals surface area contributed by atoms with Crippen molar-refractivity contribution < 1.29 is 9.53 Å². The van der Waals surface area contributed by atoms with Gasteiger partial charge in [0, 0.05) is 5.57 Å². The molecule has 0 bridgehead atoms. The summed E-state index contributed by atoms with van der Waals surface area (Å²) in [6, 6.07) is 0. The molecule has 0 heterocycles. The first kappa shape index (κ1) is 11.3. The van der Waals surface area contributed by atoms with E-state index in [9.17, 15) is 4.79 Å². The highest BCUT2D eigenvalue weighted by molar-refractivity contribution is 5.88. The van der Waals surface area contributed by atoms with Crippen LogP contribution in [-0.2, 0) is 9.53 Å². The van der Waals surface area contributed by atoms with Gasteiger partial charge in [0.2, 0.25) is 0 Å². The second-order valence-electron chi connectivity index (χ2n) is 4.20. The maximum Gasteiger partial charge on any atom is 0.333 e. The van der Waals surface area contributed by atoms with Gasteiger partial charge in [0.15, 0.2) is 0 Å². The molecule has 0 N–H and O–H groups in total. The number of carbonyl (C=O) groups excluding carboxylic acids is 1. The second-order valence-corrected chi connectivity index (χ2v) is 4.20. The summed E-state index contributed by atoms with van der Waals surface area (Å²) < 4.78 is 4.69. The van der Waals surface area contributed by atoms with E-state index in [1.165, 1.54) is 39.2 Å². The SMILES string of the molecule is C=C(C(=O)OC)C(C)C1CCCCC1. The van der Waals surface area contributed by atoms with E-state index in [1.807, 2.05) is 0 Å². The third-order valence-electron chi connectivity index (χ3n) is 3.35. The summed E-state index contributed by atoms with van der Waals surface area (Å²) in [6.07, 6.45) is 6.40. The van der Waals surface area contributed by atoms with Crippen LogP contribution in [0.15, 0.2) is 12.2 Å². The van der Waals surface area contributed by atoms with Gasteiger partial charge in [-0.05, 0) is 24.7 Å². The van der Waals surface area contributed by atoms with E-state index >= 15 is 0 Å². The van der Waals surface area contributed by atoms with E-state index in [4.69, 9.17) is 0 Å². The van der Waals surface area contributed by atoms with Crippen molar-refractivity contribution in [2.45, 2.75) is 39.0 Å². The van der Waals surface area contributed by atoms with Gasteiger partial charge in [0.25, 0.3) is 0 Å².